The summed E-state index contributed by atoms with van der Waals surface area (Å²) in [5.41, 5.74) is 2.37. The van der Waals surface area contributed by atoms with Gasteiger partial charge in [-0.25, -0.2) is 17.8 Å². The lowest BCUT2D eigenvalue weighted by atomic mass is 10.0. The summed E-state index contributed by atoms with van der Waals surface area (Å²) >= 11 is 1.11. The minimum Gasteiger partial charge on any atom is -0.295 e. The van der Waals surface area contributed by atoms with Crippen LogP contribution in [-0.4, -0.2) is 23.6 Å². The normalized spacial score (nSPS) is 11.6. The first-order valence-electron chi connectivity index (χ1n) is 9.46. The number of sulfonamides is 1. The molecule has 31 heavy (non-hydrogen) atoms. The van der Waals surface area contributed by atoms with Crippen molar-refractivity contribution in [1.29, 1.82) is 0 Å². The van der Waals surface area contributed by atoms with Crippen LogP contribution in [0.4, 0.5) is 26.7 Å². The van der Waals surface area contributed by atoms with Crippen LogP contribution in [0.3, 0.4) is 0 Å². The smallest absolute Gasteiger partial charge is 0.266 e. The fourth-order valence-electron chi connectivity index (χ4n) is 3.11. The van der Waals surface area contributed by atoms with Gasteiger partial charge in [-0.2, -0.15) is 5.10 Å². The van der Waals surface area contributed by atoms with Crippen molar-refractivity contribution in [2.75, 3.05) is 9.62 Å². The maximum Gasteiger partial charge on any atom is 0.266 e. The second-order valence-electron chi connectivity index (χ2n) is 7.08. The summed E-state index contributed by atoms with van der Waals surface area (Å²) in [4.78, 5) is 5.22. The third-order valence-corrected chi connectivity index (χ3v) is 6.83. The Balaban J connectivity index is 1.75. The summed E-state index contributed by atoms with van der Waals surface area (Å²) in [6, 6.07) is 13.6. The van der Waals surface area contributed by atoms with Crippen molar-refractivity contribution < 1.29 is 12.8 Å². The minimum atomic E-state index is -4.11. The molecule has 0 atom stereocenters. The quantitative estimate of drug-likeness (QED) is 0.388. The van der Waals surface area contributed by atoms with Crippen molar-refractivity contribution in [3.05, 3.63) is 77.7 Å². The number of halogens is 1. The molecule has 0 unspecified atom stereocenters. The molecule has 0 saturated heterocycles. The Bertz CT molecular complexity index is 1270. The monoisotopic (exact) mass is 457 g/mol. The summed E-state index contributed by atoms with van der Waals surface area (Å²) in [5.74, 6) is 0.0627. The Morgan fingerprint density at radius 2 is 1.90 bits per heavy atom. The van der Waals surface area contributed by atoms with Crippen LogP contribution in [0.1, 0.15) is 25.3 Å². The highest BCUT2D eigenvalue weighted by Gasteiger charge is 2.23. The predicted octanol–water partition coefficient (Wildman–Crippen LogP) is 5.40. The zero-order valence-electron chi connectivity index (χ0n) is 16.8. The summed E-state index contributed by atoms with van der Waals surface area (Å²) in [5, 5.41) is 8.70. The highest BCUT2D eigenvalue weighted by atomic mass is 32.2. The Morgan fingerprint density at radius 3 is 2.55 bits per heavy atom. The van der Waals surface area contributed by atoms with Gasteiger partial charge in [0.1, 0.15) is 16.5 Å². The van der Waals surface area contributed by atoms with Gasteiger partial charge in [0.25, 0.3) is 10.0 Å². The van der Waals surface area contributed by atoms with Crippen molar-refractivity contribution >= 4 is 43.7 Å². The molecule has 0 radical (unpaired) electrons. The van der Waals surface area contributed by atoms with Crippen molar-refractivity contribution in [2.24, 2.45) is 0 Å². The average molecular weight is 458 g/mol. The van der Waals surface area contributed by atoms with Gasteiger partial charge in [0, 0.05) is 23.3 Å². The first kappa shape index (κ1) is 21.0. The molecule has 0 aliphatic rings. The summed E-state index contributed by atoms with van der Waals surface area (Å²) in [6.45, 7) is 4.18. The van der Waals surface area contributed by atoms with Crippen molar-refractivity contribution in [3.63, 3.8) is 0 Å². The van der Waals surface area contributed by atoms with Gasteiger partial charge in [-0.05, 0) is 41.8 Å². The van der Waals surface area contributed by atoms with Gasteiger partial charge >= 0.3 is 0 Å². The Labute approximate surface area is 183 Å². The molecule has 2 aromatic heterocycles. The second-order valence-corrected chi connectivity index (χ2v) is 9.63. The van der Waals surface area contributed by atoms with Gasteiger partial charge < -0.3 is 0 Å². The first-order valence-corrected chi connectivity index (χ1v) is 11.8. The molecule has 0 spiro atoms. The van der Waals surface area contributed by atoms with Crippen LogP contribution in [0.15, 0.2) is 71.2 Å². The minimum absolute atomic E-state index is 0.174. The van der Waals surface area contributed by atoms with E-state index in [1.54, 1.807) is 28.6 Å². The second kappa shape index (κ2) is 8.48. The molecule has 0 saturated carbocycles. The molecule has 7 nitrogen and oxygen atoms in total. The number of benzene rings is 2. The number of nitrogens with one attached hydrogen (secondary N) is 2. The average Bonchev–Trinajstić information content (AvgIpc) is 3.42. The van der Waals surface area contributed by atoms with Gasteiger partial charge in [0.15, 0.2) is 5.13 Å². The van der Waals surface area contributed by atoms with E-state index in [1.165, 1.54) is 18.3 Å². The maximum absolute atomic E-state index is 15.0. The van der Waals surface area contributed by atoms with E-state index in [4.69, 9.17) is 0 Å². The fourth-order valence-corrected chi connectivity index (χ4v) is 4.96. The number of H-pyrrole nitrogens is 1. The third kappa shape index (κ3) is 4.44. The summed E-state index contributed by atoms with van der Waals surface area (Å²) < 4.78 is 42.5. The van der Waals surface area contributed by atoms with Gasteiger partial charge in [0.05, 0.1) is 11.9 Å². The Morgan fingerprint density at radius 1 is 1.10 bits per heavy atom. The summed E-state index contributed by atoms with van der Waals surface area (Å²) in [6.07, 6.45) is 3.07. The van der Waals surface area contributed by atoms with E-state index < -0.39 is 20.7 Å². The highest BCUT2D eigenvalue weighted by molar-refractivity contribution is 7.93. The number of nitrogens with zero attached hydrogens (tertiary/aromatic N) is 3. The van der Waals surface area contributed by atoms with E-state index in [0.717, 1.165) is 22.6 Å². The van der Waals surface area contributed by atoms with Gasteiger partial charge in [-0.3, -0.25) is 14.7 Å². The van der Waals surface area contributed by atoms with E-state index in [9.17, 15) is 8.42 Å². The Kier molecular flexibility index (Phi) is 5.75. The highest BCUT2D eigenvalue weighted by Crippen LogP contribution is 2.36. The molecule has 2 heterocycles. The molecule has 4 rings (SSSR count). The zero-order valence-corrected chi connectivity index (χ0v) is 18.4. The molecule has 0 amide bonds. The van der Waals surface area contributed by atoms with Gasteiger partial charge in [0.2, 0.25) is 0 Å². The number of aromatic amines is 1. The van der Waals surface area contributed by atoms with Crippen LogP contribution in [0.25, 0.3) is 0 Å². The third-order valence-electron chi connectivity index (χ3n) is 4.64. The number of hydrogen-bond acceptors (Lipinski definition) is 6. The fraction of sp³-hybridized carbons (Fsp3) is 0.143. The van der Waals surface area contributed by atoms with Gasteiger partial charge in [-0.15, -0.1) is 11.3 Å². The van der Waals surface area contributed by atoms with Crippen molar-refractivity contribution in [1.82, 2.24) is 15.2 Å². The predicted molar refractivity (Wildman–Crippen MR) is 120 cm³/mol. The number of rotatable bonds is 7. The van der Waals surface area contributed by atoms with Crippen LogP contribution in [0, 0.1) is 5.82 Å². The standard InChI is InChI=1S/C21H20FN5O2S2/c1-14(2)15-4-3-5-16(12-15)27(20-8-9-24-25-20)17-6-7-19(18(22)13-17)31(28,29)26-21-23-10-11-30-21/h3-14H,1-2H3,(H,23,26)(H,24,25). The molecule has 2 N–H and O–H groups in total. The molecule has 0 aliphatic heterocycles. The van der Waals surface area contributed by atoms with E-state index in [-0.39, 0.29) is 5.13 Å². The van der Waals surface area contributed by atoms with E-state index in [0.29, 0.717) is 17.4 Å². The van der Waals surface area contributed by atoms with Crippen molar-refractivity contribution in [2.45, 2.75) is 24.7 Å². The molecular formula is C21H20FN5O2S2. The number of aromatic nitrogens is 3. The van der Waals surface area contributed by atoms with Crippen LogP contribution < -0.4 is 9.62 Å². The van der Waals surface area contributed by atoms with E-state index >= 15 is 4.39 Å². The molecule has 0 aliphatic carbocycles. The topological polar surface area (TPSA) is 91.0 Å². The molecule has 4 aromatic rings. The van der Waals surface area contributed by atoms with Gasteiger partial charge in [-0.1, -0.05) is 26.0 Å². The number of anilines is 4. The first-order chi connectivity index (χ1) is 14.8. The molecule has 10 heteroatoms. The number of thiazole rings is 1. The lowest BCUT2D eigenvalue weighted by molar-refractivity contribution is 0.570. The molecule has 2 aromatic carbocycles. The maximum atomic E-state index is 15.0. The van der Waals surface area contributed by atoms with Crippen LogP contribution in [0.2, 0.25) is 0 Å². The van der Waals surface area contributed by atoms with E-state index in [2.05, 4.69) is 33.8 Å². The van der Waals surface area contributed by atoms with Crippen molar-refractivity contribution in [3.8, 4) is 0 Å². The van der Waals surface area contributed by atoms with Crippen LogP contribution in [0.5, 0.6) is 0 Å². The lowest BCUT2D eigenvalue weighted by Gasteiger charge is -2.24. The van der Waals surface area contributed by atoms with E-state index in [1.807, 2.05) is 24.3 Å². The molecule has 0 fully saturated rings. The largest absolute Gasteiger partial charge is 0.295 e. The molecule has 160 valence electrons. The summed E-state index contributed by atoms with van der Waals surface area (Å²) in [7, 11) is -4.11. The SMILES string of the molecule is CC(C)c1cccc(N(c2ccc(S(=O)(=O)Nc3nccs3)c(F)c2)c2ccn[nH]2)c1. The Hall–Kier alpha value is -3.24. The zero-order chi connectivity index (χ0) is 22.0. The van der Waals surface area contributed by atoms with Crippen LogP contribution in [-0.2, 0) is 10.0 Å². The lowest BCUT2D eigenvalue weighted by Crippen LogP contribution is -2.16. The molecule has 0 bridgehead atoms. The van der Waals surface area contributed by atoms with Crippen LogP contribution >= 0.6 is 11.3 Å². The number of hydrogen-bond donors (Lipinski definition) is 2. The molecular weight excluding hydrogens is 437 g/mol.